The van der Waals surface area contributed by atoms with Crippen molar-refractivity contribution in [3.05, 3.63) is 76.0 Å². The molecular weight excluding hydrogens is 347 g/mol. The molecule has 2 N–H and O–H groups in total. The minimum atomic E-state index is -0.348. The first kappa shape index (κ1) is 16.4. The Hall–Kier alpha value is -2.50. The van der Waals surface area contributed by atoms with Crippen molar-refractivity contribution in [2.75, 3.05) is 5.43 Å². The fourth-order valence-corrected chi connectivity index (χ4v) is 2.52. The summed E-state index contributed by atoms with van der Waals surface area (Å²) in [6.07, 6.45) is 0. The molecule has 0 aliphatic carbocycles. The van der Waals surface area contributed by atoms with Gasteiger partial charge in [0.15, 0.2) is 5.69 Å². The Morgan fingerprint density at radius 2 is 1.79 bits per heavy atom. The Morgan fingerprint density at radius 1 is 1.08 bits per heavy atom. The topological polar surface area (TPSA) is 59.0 Å². The van der Waals surface area contributed by atoms with E-state index in [1.807, 2.05) is 25.1 Å². The first-order valence-electron chi connectivity index (χ1n) is 7.18. The van der Waals surface area contributed by atoms with Crippen LogP contribution in [0.25, 0.3) is 5.69 Å². The van der Waals surface area contributed by atoms with E-state index in [0.717, 1.165) is 17.1 Å². The molecule has 0 radical (unpaired) electrons. The summed E-state index contributed by atoms with van der Waals surface area (Å²) in [7, 11) is 0. The molecule has 3 rings (SSSR count). The molecule has 7 heteroatoms. The number of halogens is 2. The van der Waals surface area contributed by atoms with E-state index in [1.165, 1.54) is 0 Å². The Bertz CT molecular complexity index is 875. The van der Waals surface area contributed by atoms with E-state index in [4.69, 9.17) is 23.2 Å². The first-order chi connectivity index (χ1) is 11.5. The number of amides is 1. The van der Waals surface area contributed by atoms with Gasteiger partial charge in [-0.2, -0.15) is 5.10 Å². The molecule has 2 aromatic carbocycles. The number of carbonyl (C=O) groups excluding carboxylic acids is 1. The number of carbonyl (C=O) groups is 1. The first-order valence-corrected chi connectivity index (χ1v) is 7.93. The van der Waals surface area contributed by atoms with Crippen molar-refractivity contribution >= 4 is 34.8 Å². The van der Waals surface area contributed by atoms with E-state index in [0.29, 0.717) is 10.0 Å². The summed E-state index contributed by atoms with van der Waals surface area (Å²) >= 11 is 12.0. The van der Waals surface area contributed by atoms with Gasteiger partial charge in [-0.1, -0.05) is 35.3 Å². The third kappa shape index (κ3) is 3.53. The number of benzene rings is 2. The van der Waals surface area contributed by atoms with E-state index < -0.39 is 0 Å². The van der Waals surface area contributed by atoms with Gasteiger partial charge in [0.05, 0.1) is 16.4 Å². The summed E-state index contributed by atoms with van der Waals surface area (Å²) in [4.78, 5) is 12.3. The van der Waals surface area contributed by atoms with Crippen LogP contribution in [-0.4, -0.2) is 15.7 Å². The molecule has 0 saturated carbocycles. The fourth-order valence-electron chi connectivity index (χ4n) is 2.18. The van der Waals surface area contributed by atoms with Crippen LogP contribution in [-0.2, 0) is 0 Å². The van der Waals surface area contributed by atoms with Crippen LogP contribution >= 0.6 is 23.2 Å². The lowest BCUT2D eigenvalue weighted by atomic mass is 10.3. The van der Waals surface area contributed by atoms with Gasteiger partial charge < -0.3 is 0 Å². The molecule has 0 bridgehead atoms. The average molecular weight is 361 g/mol. The second-order valence-corrected chi connectivity index (χ2v) is 5.96. The van der Waals surface area contributed by atoms with Crippen molar-refractivity contribution in [2.45, 2.75) is 6.92 Å². The smallest absolute Gasteiger partial charge is 0.290 e. The Balaban J connectivity index is 1.75. The van der Waals surface area contributed by atoms with Crippen molar-refractivity contribution in [2.24, 2.45) is 0 Å². The minimum Gasteiger partial charge on any atom is -0.298 e. The minimum absolute atomic E-state index is 0.286. The number of aromatic nitrogens is 2. The maximum atomic E-state index is 12.3. The summed E-state index contributed by atoms with van der Waals surface area (Å²) in [5.41, 5.74) is 7.95. The number of nitrogens with zero attached hydrogens (tertiary/aromatic N) is 2. The maximum Gasteiger partial charge on any atom is 0.290 e. The maximum absolute atomic E-state index is 12.3. The predicted octanol–water partition coefficient (Wildman–Crippen LogP) is 4.24. The van der Waals surface area contributed by atoms with Gasteiger partial charge in [-0.25, -0.2) is 4.68 Å². The number of anilines is 1. The number of hydrazine groups is 1. The summed E-state index contributed by atoms with van der Waals surface area (Å²) in [6.45, 7) is 1.86. The number of nitrogens with one attached hydrogen (secondary N) is 2. The molecular formula is C17H14Cl2N4O. The third-order valence-electron chi connectivity index (χ3n) is 3.37. The molecule has 24 heavy (non-hydrogen) atoms. The monoisotopic (exact) mass is 360 g/mol. The molecule has 5 nitrogen and oxygen atoms in total. The van der Waals surface area contributed by atoms with Crippen LogP contribution in [0.1, 0.15) is 16.2 Å². The standard InChI is InChI=1S/C17H14Cl2N4O/c1-11-10-15(22-23(11)16-5-3-2-4-14(16)19)17(24)21-20-13-8-6-12(18)7-9-13/h2-10,20H,1H3,(H,21,24). The van der Waals surface area contributed by atoms with Crippen molar-refractivity contribution in [3.8, 4) is 5.69 Å². The summed E-state index contributed by atoms with van der Waals surface area (Å²) in [5.74, 6) is -0.348. The molecule has 1 heterocycles. The summed E-state index contributed by atoms with van der Waals surface area (Å²) in [6, 6.07) is 16.0. The zero-order valence-corrected chi connectivity index (χ0v) is 14.3. The number of rotatable bonds is 4. The van der Waals surface area contributed by atoms with Crippen LogP contribution in [0.4, 0.5) is 5.69 Å². The van der Waals surface area contributed by atoms with Crippen molar-refractivity contribution in [1.82, 2.24) is 15.2 Å². The largest absolute Gasteiger partial charge is 0.298 e. The lowest BCUT2D eigenvalue weighted by Crippen LogP contribution is -2.29. The highest BCUT2D eigenvalue weighted by molar-refractivity contribution is 6.32. The second-order valence-electron chi connectivity index (χ2n) is 5.12. The lowest BCUT2D eigenvalue weighted by molar-refractivity contribution is 0.0957. The highest BCUT2D eigenvalue weighted by Crippen LogP contribution is 2.21. The normalized spacial score (nSPS) is 10.5. The van der Waals surface area contributed by atoms with Gasteiger partial charge in [-0.15, -0.1) is 0 Å². The average Bonchev–Trinajstić information content (AvgIpc) is 2.96. The van der Waals surface area contributed by atoms with Crippen LogP contribution in [0.3, 0.4) is 0 Å². The number of aryl methyl sites for hydroxylation is 1. The molecule has 122 valence electrons. The van der Waals surface area contributed by atoms with Gasteiger partial charge in [0, 0.05) is 10.7 Å². The van der Waals surface area contributed by atoms with Crippen LogP contribution in [0.5, 0.6) is 0 Å². The van der Waals surface area contributed by atoms with Gasteiger partial charge in [-0.3, -0.25) is 15.6 Å². The molecule has 1 amide bonds. The van der Waals surface area contributed by atoms with Crippen molar-refractivity contribution in [3.63, 3.8) is 0 Å². The number of hydrogen-bond acceptors (Lipinski definition) is 3. The molecule has 3 aromatic rings. The summed E-state index contributed by atoms with van der Waals surface area (Å²) < 4.78 is 1.64. The van der Waals surface area contributed by atoms with Crippen molar-refractivity contribution < 1.29 is 4.79 Å². The van der Waals surface area contributed by atoms with Crippen LogP contribution in [0.2, 0.25) is 10.0 Å². The van der Waals surface area contributed by atoms with E-state index in [9.17, 15) is 4.79 Å². The highest BCUT2D eigenvalue weighted by atomic mass is 35.5. The van der Waals surface area contributed by atoms with Crippen molar-refractivity contribution in [1.29, 1.82) is 0 Å². The SMILES string of the molecule is Cc1cc(C(=O)NNc2ccc(Cl)cc2)nn1-c1ccccc1Cl. The van der Waals surface area contributed by atoms with E-state index in [2.05, 4.69) is 16.0 Å². The molecule has 0 unspecified atom stereocenters. The van der Waals surface area contributed by atoms with Crippen LogP contribution in [0, 0.1) is 6.92 Å². The molecule has 1 aromatic heterocycles. The second kappa shape index (κ2) is 6.95. The van der Waals surface area contributed by atoms with Gasteiger partial charge in [0.25, 0.3) is 5.91 Å². The quantitative estimate of drug-likeness (QED) is 0.684. The third-order valence-corrected chi connectivity index (χ3v) is 3.94. The van der Waals surface area contributed by atoms with Crippen LogP contribution in [0.15, 0.2) is 54.6 Å². The Kier molecular flexibility index (Phi) is 4.74. The summed E-state index contributed by atoms with van der Waals surface area (Å²) in [5, 5.41) is 5.52. The lowest BCUT2D eigenvalue weighted by Gasteiger charge is -2.07. The molecule has 0 aliphatic rings. The number of hydrogen-bond donors (Lipinski definition) is 2. The molecule has 0 spiro atoms. The fraction of sp³-hybridized carbons (Fsp3) is 0.0588. The van der Waals surface area contributed by atoms with Gasteiger partial charge in [0.2, 0.25) is 0 Å². The molecule has 0 atom stereocenters. The zero-order chi connectivity index (χ0) is 17.1. The number of para-hydroxylation sites is 1. The molecule has 0 aliphatic heterocycles. The Morgan fingerprint density at radius 3 is 2.50 bits per heavy atom. The highest BCUT2D eigenvalue weighted by Gasteiger charge is 2.14. The van der Waals surface area contributed by atoms with Gasteiger partial charge in [0.1, 0.15) is 0 Å². The van der Waals surface area contributed by atoms with Gasteiger partial charge >= 0.3 is 0 Å². The van der Waals surface area contributed by atoms with E-state index >= 15 is 0 Å². The molecule has 0 fully saturated rings. The molecule has 0 saturated heterocycles. The van der Waals surface area contributed by atoms with Gasteiger partial charge in [-0.05, 0) is 49.4 Å². The predicted molar refractivity (Wildman–Crippen MR) is 95.9 cm³/mol. The Labute approximate surface area is 149 Å². The van der Waals surface area contributed by atoms with E-state index in [1.54, 1.807) is 41.1 Å². The zero-order valence-electron chi connectivity index (χ0n) is 12.8. The van der Waals surface area contributed by atoms with Crippen LogP contribution < -0.4 is 10.9 Å². The van der Waals surface area contributed by atoms with E-state index in [-0.39, 0.29) is 11.6 Å².